The Hall–Kier alpha value is -1.39. The molecule has 0 spiro atoms. The van der Waals surface area contributed by atoms with E-state index in [0.717, 1.165) is 0 Å². The number of anilines is 1. The second-order valence-corrected chi connectivity index (χ2v) is 3.00. The number of amides is 1. The lowest BCUT2D eigenvalue weighted by Gasteiger charge is -2.08. The Morgan fingerprint density at radius 1 is 1.43 bits per heavy atom. The van der Waals surface area contributed by atoms with E-state index in [1.54, 1.807) is 24.3 Å². The second kappa shape index (κ2) is 4.74. The minimum atomic E-state index is -0.860. The van der Waals surface area contributed by atoms with Crippen LogP contribution in [0.3, 0.4) is 0 Å². The fraction of sp³-hybridized carbons (Fsp3) is 0.300. The first-order chi connectivity index (χ1) is 6.63. The molecule has 1 atom stereocenters. The highest BCUT2D eigenvalue weighted by Gasteiger charge is 2.04. The van der Waals surface area contributed by atoms with Crippen molar-refractivity contribution in [2.24, 2.45) is 0 Å². The largest absolute Gasteiger partial charge is 0.393 e. The summed E-state index contributed by atoms with van der Waals surface area (Å²) in [5, 5.41) is 20.6. The van der Waals surface area contributed by atoms with Gasteiger partial charge >= 0.3 is 0 Å². The van der Waals surface area contributed by atoms with Crippen LogP contribution >= 0.6 is 0 Å². The van der Waals surface area contributed by atoms with Crippen LogP contribution in [0.25, 0.3) is 0 Å². The van der Waals surface area contributed by atoms with Gasteiger partial charge in [-0.05, 0) is 17.7 Å². The number of aliphatic hydroxyl groups excluding tert-OH is 2. The number of benzene rings is 1. The molecule has 4 nitrogen and oxygen atoms in total. The summed E-state index contributed by atoms with van der Waals surface area (Å²) in [6.45, 7) is 1.12. The molecule has 0 saturated carbocycles. The lowest BCUT2D eigenvalue weighted by atomic mass is 10.1. The molecule has 0 aliphatic carbocycles. The minimum absolute atomic E-state index is 0.138. The zero-order valence-corrected chi connectivity index (χ0v) is 7.90. The van der Waals surface area contributed by atoms with Gasteiger partial charge in [0, 0.05) is 12.6 Å². The van der Waals surface area contributed by atoms with E-state index in [4.69, 9.17) is 5.11 Å². The van der Waals surface area contributed by atoms with Gasteiger partial charge in [0.15, 0.2) is 0 Å². The van der Waals surface area contributed by atoms with Gasteiger partial charge in [0.2, 0.25) is 5.91 Å². The van der Waals surface area contributed by atoms with E-state index in [-0.39, 0.29) is 12.5 Å². The highest BCUT2D eigenvalue weighted by molar-refractivity contribution is 5.88. The van der Waals surface area contributed by atoms with E-state index >= 15 is 0 Å². The predicted molar refractivity (Wildman–Crippen MR) is 52.8 cm³/mol. The van der Waals surface area contributed by atoms with Crippen LogP contribution in [0, 0.1) is 0 Å². The Labute approximate surface area is 82.2 Å². The molecular weight excluding hydrogens is 182 g/mol. The molecule has 1 amide bonds. The number of carbonyl (C=O) groups excluding carboxylic acids is 1. The van der Waals surface area contributed by atoms with Crippen LogP contribution in [-0.2, 0) is 4.79 Å². The van der Waals surface area contributed by atoms with Crippen molar-refractivity contribution >= 4 is 11.6 Å². The van der Waals surface area contributed by atoms with Gasteiger partial charge in [-0.25, -0.2) is 0 Å². The van der Waals surface area contributed by atoms with Gasteiger partial charge in [0.05, 0.1) is 6.61 Å². The first-order valence-electron chi connectivity index (χ1n) is 4.30. The van der Waals surface area contributed by atoms with Crippen molar-refractivity contribution in [3.05, 3.63) is 29.8 Å². The highest BCUT2D eigenvalue weighted by Crippen LogP contribution is 2.15. The van der Waals surface area contributed by atoms with Crippen LogP contribution in [0.5, 0.6) is 0 Å². The number of carbonyl (C=O) groups is 1. The molecule has 0 aromatic heterocycles. The van der Waals surface area contributed by atoms with E-state index in [1.165, 1.54) is 6.92 Å². The molecule has 4 heteroatoms. The molecule has 0 aliphatic heterocycles. The molecule has 0 bridgehead atoms. The Morgan fingerprint density at radius 3 is 2.43 bits per heavy atom. The Bertz CT molecular complexity index is 308. The van der Waals surface area contributed by atoms with E-state index < -0.39 is 6.10 Å². The first kappa shape index (κ1) is 10.7. The molecule has 0 fully saturated rings. The summed E-state index contributed by atoms with van der Waals surface area (Å²) in [5.41, 5.74) is 1.30. The average Bonchev–Trinajstić information content (AvgIpc) is 2.17. The van der Waals surface area contributed by atoms with Crippen LogP contribution in [0.15, 0.2) is 24.3 Å². The van der Waals surface area contributed by atoms with Crippen molar-refractivity contribution in [2.45, 2.75) is 13.0 Å². The molecule has 0 heterocycles. The molecule has 1 aromatic carbocycles. The smallest absolute Gasteiger partial charge is 0.221 e. The zero-order chi connectivity index (χ0) is 10.6. The van der Waals surface area contributed by atoms with E-state index in [2.05, 4.69) is 5.32 Å². The highest BCUT2D eigenvalue weighted by atomic mass is 16.3. The summed E-state index contributed by atoms with van der Waals surface area (Å²) in [6.07, 6.45) is -0.860. The summed E-state index contributed by atoms with van der Waals surface area (Å²) in [7, 11) is 0. The van der Waals surface area contributed by atoms with Gasteiger partial charge in [-0.2, -0.15) is 0 Å². The first-order valence-corrected chi connectivity index (χ1v) is 4.30. The second-order valence-electron chi connectivity index (χ2n) is 3.00. The SMILES string of the molecule is CC(=O)Nc1ccc(C(O)CO)cc1. The number of hydrogen-bond donors (Lipinski definition) is 3. The Kier molecular flexibility index (Phi) is 3.62. The lowest BCUT2D eigenvalue weighted by Crippen LogP contribution is -2.06. The van der Waals surface area contributed by atoms with Crippen LogP contribution in [0.4, 0.5) is 5.69 Å². The lowest BCUT2D eigenvalue weighted by molar-refractivity contribution is -0.114. The fourth-order valence-corrected chi connectivity index (χ4v) is 1.10. The van der Waals surface area contributed by atoms with Gasteiger partial charge < -0.3 is 15.5 Å². The van der Waals surface area contributed by atoms with E-state index in [0.29, 0.717) is 11.3 Å². The normalized spacial score (nSPS) is 12.2. The number of aliphatic hydroxyl groups is 2. The van der Waals surface area contributed by atoms with Crippen LogP contribution in [0.2, 0.25) is 0 Å². The maximum absolute atomic E-state index is 10.7. The summed E-state index contributed by atoms with van der Waals surface area (Å²) in [6, 6.07) is 6.67. The molecule has 0 aliphatic rings. The Balaban J connectivity index is 2.73. The topological polar surface area (TPSA) is 69.6 Å². The van der Waals surface area contributed by atoms with Crippen molar-refractivity contribution in [1.29, 1.82) is 0 Å². The monoisotopic (exact) mass is 195 g/mol. The maximum Gasteiger partial charge on any atom is 0.221 e. The van der Waals surface area contributed by atoms with Crippen molar-refractivity contribution in [2.75, 3.05) is 11.9 Å². The van der Waals surface area contributed by atoms with Crippen molar-refractivity contribution in [1.82, 2.24) is 0 Å². The molecule has 1 rings (SSSR count). The predicted octanol–water partition coefficient (Wildman–Crippen LogP) is 0.671. The quantitative estimate of drug-likeness (QED) is 0.664. The van der Waals surface area contributed by atoms with Crippen molar-refractivity contribution in [3.63, 3.8) is 0 Å². The van der Waals surface area contributed by atoms with Crippen LogP contribution < -0.4 is 5.32 Å². The number of nitrogens with one attached hydrogen (secondary N) is 1. The molecule has 3 N–H and O–H groups in total. The molecular formula is C10H13NO3. The third-order valence-electron chi connectivity index (χ3n) is 1.79. The van der Waals surface area contributed by atoms with Gasteiger partial charge in [0.25, 0.3) is 0 Å². The van der Waals surface area contributed by atoms with Gasteiger partial charge in [-0.15, -0.1) is 0 Å². The summed E-state index contributed by atoms with van der Waals surface area (Å²) < 4.78 is 0. The van der Waals surface area contributed by atoms with E-state index in [1.807, 2.05) is 0 Å². The molecule has 14 heavy (non-hydrogen) atoms. The summed E-state index contributed by atoms with van der Waals surface area (Å²) >= 11 is 0. The molecule has 0 saturated heterocycles. The third-order valence-corrected chi connectivity index (χ3v) is 1.79. The minimum Gasteiger partial charge on any atom is -0.393 e. The van der Waals surface area contributed by atoms with Gasteiger partial charge in [0.1, 0.15) is 6.10 Å². The van der Waals surface area contributed by atoms with Crippen molar-refractivity contribution in [3.8, 4) is 0 Å². The summed E-state index contributed by atoms with van der Waals surface area (Å²) in [5.74, 6) is -0.138. The Morgan fingerprint density at radius 2 is 2.00 bits per heavy atom. The zero-order valence-electron chi connectivity index (χ0n) is 7.90. The number of rotatable bonds is 3. The third kappa shape index (κ3) is 2.83. The van der Waals surface area contributed by atoms with Gasteiger partial charge in [-0.3, -0.25) is 4.79 Å². The fourth-order valence-electron chi connectivity index (χ4n) is 1.10. The number of hydrogen-bond acceptors (Lipinski definition) is 3. The molecule has 1 unspecified atom stereocenters. The van der Waals surface area contributed by atoms with Crippen LogP contribution in [0.1, 0.15) is 18.6 Å². The van der Waals surface area contributed by atoms with Crippen molar-refractivity contribution < 1.29 is 15.0 Å². The summed E-state index contributed by atoms with van der Waals surface area (Å²) in [4.78, 5) is 10.7. The average molecular weight is 195 g/mol. The van der Waals surface area contributed by atoms with E-state index in [9.17, 15) is 9.90 Å². The van der Waals surface area contributed by atoms with Gasteiger partial charge in [-0.1, -0.05) is 12.1 Å². The molecule has 76 valence electrons. The maximum atomic E-state index is 10.7. The standard InChI is InChI=1S/C10H13NO3/c1-7(13)11-9-4-2-8(3-5-9)10(14)6-12/h2-5,10,12,14H,6H2,1H3,(H,11,13). The van der Waals surface area contributed by atoms with Crippen LogP contribution in [-0.4, -0.2) is 22.7 Å². The molecule has 0 radical (unpaired) electrons. The molecule has 1 aromatic rings.